The van der Waals surface area contributed by atoms with E-state index in [1.807, 2.05) is 53.4 Å². The molecule has 40 heavy (non-hydrogen) atoms. The Labute approximate surface area is 238 Å². The van der Waals surface area contributed by atoms with Gasteiger partial charge in [-0.1, -0.05) is 54.1 Å². The van der Waals surface area contributed by atoms with Crippen molar-refractivity contribution in [2.45, 2.75) is 56.4 Å². The lowest BCUT2D eigenvalue weighted by atomic mass is 10.0. The first-order valence-electron chi connectivity index (χ1n) is 13.6. The highest BCUT2D eigenvalue weighted by atomic mass is 35.5. The minimum Gasteiger partial charge on any atom is -0.491 e. The van der Waals surface area contributed by atoms with E-state index in [9.17, 15) is 9.59 Å². The van der Waals surface area contributed by atoms with Crippen LogP contribution >= 0.6 is 11.6 Å². The molecule has 2 heterocycles. The summed E-state index contributed by atoms with van der Waals surface area (Å²) in [5, 5.41) is 2.85. The summed E-state index contributed by atoms with van der Waals surface area (Å²) in [6.45, 7) is 0.726. The van der Waals surface area contributed by atoms with Crippen molar-refractivity contribution >= 4 is 40.1 Å². The van der Waals surface area contributed by atoms with Gasteiger partial charge in [-0.05, 0) is 72.7 Å². The molecular weight excluding hydrogens is 528 g/mol. The Morgan fingerprint density at radius 2 is 1.80 bits per heavy atom. The van der Waals surface area contributed by atoms with Crippen LogP contribution in [0.3, 0.4) is 0 Å². The van der Waals surface area contributed by atoms with Crippen molar-refractivity contribution in [2.75, 3.05) is 13.2 Å². The summed E-state index contributed by atoms with van der Waals surface area (Å²) in [4.78, 5) is 35.1. The van der Waals surface area contributed by atoms with Gasteiger partial charge in [-0.2, -0.15) is 0 Å². The molecule has 0 aromatic heterocycles. The van der Waals surface area contributed by atoms with Crippen molar-refractivity contribution in [1.29, 1.82) is 0 Å². The number of fused-ring (bicyclic) bond motifs is 2. The third-order valence-electron chi connectivity index (χ3n) is 7.70. The van der Waals surface area contributed by atoms with Gasteiger partial charge in [0.05, 0.1) is 12.1 Å². The fourth-order valence-corrected chi connectivity index (χ4v) is 5.91. The number of guanidine groups is 1. The fourth-order valence-electron chi connectivity index (χ4n) is 5.78. The van der Waals surface area contributed by atoms with Crippen molar-refractivity contribution in [2.24, 2.45) is 22.2 Å². The molecule has 3 aromatic carbocycles. The van der Waals surface area contributed by atoms with Crippen molar-refractivity contribution in [3.63, 3.8) is 0 Å². The van der Waals surface area contributed by atoms with Crippen molar-refractivity contribution < 1.29 is 14.3 Å². The van der Waals surface area contributed by atoms with Crippen LogP contribution in [0.2, 0.25) is 5.02 Å². The maximum atomic E-state index is 13.8. The number of benzene rings is 3. The summed E-state index contributed by atoms with van der Waals surface area (Å²) >= 11 is 6.01. The van der Waals surface area contributed by atoms with Crippen LogP contribution in [0.25, 0.3) is 10.8 Å². The maximum absolute atomic E-state index is 13.8. The number of halogens is 1. The van der Waals surface area contributed by atoms with E-state index in [0.29, 0.717) is 43.9 Å². The van der Waals surface area contributed by atoms with E-state index < -0.39 is 12.1 Å². The zero-order valence-electron chi connectivity index (χ0n) is 22.3. The summed E-state index contributed by atoms with van der Waals surface area (Å²) in [5.74, 6) is 0.438. The molecule has 5 rings (SSSR count). The molecule has 0 bridgehead atoms. The number of rotatable bonds is 10. The van der Waals surface area contributed by atoms with E-state index in [0.717, 1.165) is 28.5 Å². The molecule has 0 spiro atoms. The fraction of sp³-hybridized carbons (Fsp3) is 0.367. The molecule has 2 saturated heterocycles. The Bertz CT molecular complexity index is 1390. The second-order valence-corrected chi connectivity index (χ2v) is 10.9. The van der Waals surface area contributed by atoms with Crippen LogP contribution < -0.4 is 21.9 Å². The van der Waals surface area contributed by atoms with Gasteiger partial charge in [0.1, 0.15) is 24.6 Å². The predicted molar refractivity (Wildman–Crippen MR) is 157 cm³/mol. The largest absolute Gasteiger partial charge is 0.491 e. The average Bonchev–Trinajstić information content (AvgIpc) is 3.48. The minimum atomic E-state index is -0.790. The van der Waals surface area contributed by atoms with Crippen LogP contribution in [0, 0.1) is 0 Å². The smallest absolute Gasteiger partial charge is 0.247 e. The molecule has 2 aliphatic rings. The maximum Gasteiger partial charge on any atom is 0.247 e. The first-order valence-corrected chi connectivity index (χ1v) is 14.0. The minimum absolute atomic E-state index is 0.00203. The molecule has 6 N–H and O–H groups in total. The second-order valence-electron chi connectivity index (χ2n) is 10.4. The summed E-state index contributed by atoms with van der Waals surface area (Å²) in [6, 6.07) is 19.8. The van der Waals surface area contributed by atoms with E-state index in [4.69, 9.17) is 33.5 Å². The highest BCUT2D eigenvalue weighted by Gasteiger charge is 2.54. The molecule has 0 saturated carbocycles. The van der Waals surface area contributed by atoms with Crippen LogP contribution in [-0.4, -0.2) is 65.0 Å². The molecule has 10 heteroatoms. The Kier molecular flexibility index (Phi) is 8.42. The Balaban J connectivity index is 1.31. The molecule has 0 radical (unpaired) electrons. The number of hydrogen-bond acceptors (Lipinski definition) is 5. The van der Waals surface area contributed by atoms with Gasteiger partial charge in [-0.3, -0.25) is 14.6 Å². The molecular formula is C30H35ClN6O3. The summed E-state index contributed by atoms with van der Waals surface area (Å²) in [6.07, 6.45) is 2.41. The second kappa shape index (κ2) is 12.1. The van der Waals surface area contributed by atoms with Gasteiger partial charge in [0.15, 0.2) is 5.96 Å². The van der Waals surface area contributed by atoms with Crippen LogP contribution in [0.5, 0.6) is 5.75 Å². The van der Waals surface area contributed by atoms with Crippen LogP contribution in [0.1, 0.15) is 31.2 Å². The van der Waals surface area contributed by atoms with E-state index in [1.54, 1.807) is 17.0 Å². The predicted octanol–water partition coefficient (Wildman–Crippen LogP) is 3.02. The number of nitrogens with zero attached hydrogens (tertiary/aromatic N) is 3. The number of carbonyl (C=O) groups is 2. The Morgan fingerprint density at radius 3 is 2.55 bits per heavy atom. The molecule has 4 atom stereocenters. The average molecular weight is 563 g/mol. The first-order chi connectivity index (χ1) is 19.3. The number of nitrogens with two attached hydrogens (primary N) is 3. The van der Waals surface area contributed by atoms with E-state index in [1.165, 1.54) is 0 Å². The third-order valence-corrected chi connectivity index (χ3v) is 7.95. The van der Waals surface area contributed by atoms with Gasteiger partial charge in [0.25, 0.3) is 0 Å². The molecule has 2 aliphatic heterocycles. The highest BCUT2D eigenvalue weighted by molar-refractivity contribution is 6.30. The zero-order chi connectivity index (χ0) is 28.2. The lowest BCUT2D eigenvalue weighted by Gasteiger charge is -2.30. The van der Waals surface area contributed by atoms with Gasteiger partial charge >= 0.3 is 0 Å². The SMILES string of the molecule is NC(N)=NCCC[C@H]1C(=O)N2C(CC[C@@H]2COc2ccc3ccccc3c2)N1C(=O)[C@H](N)Cc1ccc(Cl)cc1. The van der Waals surface area contributed by atoms with Crippen molar-refractivity contribution in [3.8, 4) is 5.75 Å². The standard InChI is InChI=1S/C30H35ClN6O3/c31-22-10-7-19(8-11-22)16-25(32)28(38)37-26(6-3-15-35-30(33)34)29(39)36-23(12-14-27(36)37)18-40-24-13-9-20-4-1-2-5-21(20)17-24/h1-2,4-5,7-11,13,17,23,25-27H,3,6,12,14-16,18,32H2,(H4,33,34,35)/t23-,25-,26+,27?/m1/s1. The Morgan fingerprint density at radius 1 is 1.05 bits per heavy atom. The number of carbonyl (C=O) groups excluding carboxylic acids is 2. The van der Waals surface area contributed by atoms with Crippen LogP contribution in [0.4, 0.5) is 0 Å². The lowest BCUT2D eigenvalue weighted by Crippen LogP contribution is -2.51. The van der Waals surface area contributed by atoms with Gasteiger partial charge in [-0.25, -0.2) is 0 Å². The summed E-state index contributed by atoms with van der Waals surface area (Å²) in [7, 11) is 0. The van der Waals surface area contributed by atoms with Crippen molar-refractivity contribution in [1.82, 2.24) is 9.80 Å². The monoisotopic (exact) mass is 562 g/mol. The molecule has 0 aliphatic carbocycles. The number of aliphatic imine (C=N–C) groups is 1. The molecule has 9 nitrogen and oxygen atoms in total. The number of hydrogen-bond donors (Lipinski definition) is 3. The molecule has 1 unspecified atom stereocenters. The van der Waals surface area contributed by atoms with Crippen LogP contribution in [-0.2, 0) is 16.0 Å². The Hall–Kier alpha value is -3.82. The van der Waals surface area contributed by atoms with Crippen LogP contribution in [0.15, 0.2) is 71.7 Å². The lowest BCUT2D eigenvalue weighted by molar-refractivity contribution is -0.138. The van der Waals surface area contributed by atoms with Gasteiger partial charge in [0, 0.05) is 11.6 Å². The summed E-state index contributed by atoms with van der Waals surface area (Å²) < 4.78 is 6.17. The van der Waals surface area contributed by atoms with Crippen molar-refractivity contribution in [3.05, 3.63) is 77.3 Å². The quantitative estimate of drug-likeness (QED) is 0.197. The van der Waals surface area contributed by atoms with Gasteiger partial charge in [0.2, 0.25) is 11.8 Å². The third kappa shape index (κ3) is 6.00. The zero-order valence-corrected chi connectivity index (χ0v) is 23.0. The van der Waals surface area contributed by atoms with E-state index in [-0.39, 0.29) is 30.0 Å². The summed E-state index contributed by atoms with van der Waals surface area (Å²) in [5.41, 5.74) is 18.3. The molecule has 210 valence electrons. The van der Waals surface area contributed by atoms with E-state index in [2.05, 4.69) is 11.1 Å². The van der Waals surface area contributed by atoms with Gasteiger partial charge in [-0.15, -0.1) is 0 Å². The first kappa shape index (κ1) is 27.7. The van der Waals surface area contributed by atoms with E-state index >= 15 is 0 Å². The molecule has 3 aromatic rings. The number of ether oxygens (including phenoxy) is 1. The number of amides is 2. The normalized spacial score (nSPS) is 20.9. The highest BCUT2D eigenvalue weighted by Crippen LogP contribution is 2.37. The van der Waals surface area contributed by atoms with Gasteiger partial charge < -0.3 is 31.7 Å². The topological polar surface area (TPSA) is 140 Å². The molecule has 2 fully saturated rings. The molecule has 2 amide bonds.